The molecule has 1 aliphatic rings. The fourth-order valence-electron chi connectivity index (χ4n) is 2.90. The fraction of sp³-hybridized carbons (Fsp3) is 0.300. The smallest absolute Gasteiger partial charge is 0.224 e. The van der Waals surface area contributed by atoms with Crippen LogP contribution in [0.3, 0.4) is 0 Å². The lowest BCUT2D eigenvalue weighted by Gasteiger charge is -2.29. The third-order valence-corrected chi connectivity index (χ3v) is 4.29. The molecular formula is C20H22N2O4. The maximum atomic E-state index is 12.2. The van der Waals surface area contributed by atoms with E-state index < -0.39 is 0 Å². The Morgan fingerprint density at radius 2 is 1.96 bits per heavy atom. The van der Waals surface area contributed by atoms with E-state index in [2.05, 4.69) is 5.32 Å². The van der Waals surface area contributed by atoms with Crippen LogP contribution in [0.2, 0.25) is 0 Å². The number of methoxy groups -OCH3 is 1. The predicted molar refractivity (Wildman–Crippen MR) is 99.9 cm³/mol. The maximum Gasteiger partial charge on any atom is 0.224 e. The van der Waals surface area contributed by atoms with Crippen molar-refractivity contribution in [1.29, 1.82) is 0 Å². The molecule has 0 saturated heterocycles. The van der Waals surface area contributed by atoms with Crippen molar-refractivity contribution in [2.24, 2.45) is 0 Å². The van der Waals surface area contributed by atoms with Crippen LogP contribution in [0.25, 0.3) is 0 Å². The minimum Gasteiger partial charge on any atom is -0.497 e. The van der Waals surface area contributed by atoms with Gasteiger partial charge in [0.25, 0.3) is 0 Å². The predicted octanol–water partition coefficient (Wildman–Crippen LogP) is 3.01. The second-order valence-corrected chi connectivity index (χ2v) is 6.10. The van der Waals surface area contributed by atoms with Crippen LogP contribution in [0.5, 0.6) is 11.5 Å². The van der Waals surface area contributed by atoms with Gasteiger partial charge in [-0.25, -0.2) is 0 Å². The first-order valence-corrected chi connectivity index (χ1v) is 8.54. The second kappa shape index (κ2) is 7.91. The van der Waals surface area contributed by atoms with Crippen molar-refractivity contribution in [2.45, 2.75) is 19.8 Å². The maximum absolute atomic E-state index is 12.2. The van der Waals surface area contributed by atoms with E-state index in [4.69, 9.17) is 9.47 Å². The summed E-state index contributed by atoms with van der Waals surface area (Å²) in [5.41, 5.74) is 2.47. The Morgan fingerprint density at radius 1 is 1.19 bits per heavy atom. The van der Waals surface area contributed by atoms with Crippen LogP contribution in [0.1, 0.15) is 18.9 Å². The van der Waals surface area contributed by atoms with Crippen molar-refractivity contribution in [3.8, 4) is 11.5 Å². The van der Waals surface area contributed by atoms with E-state index in [-0.39, 0.29) is 11.8 Å². The van der Waals surface area contributed by atoms with E-state index in [9.17, 15) is 9.59 Å². The minimum atomic E-state index is -0.0694. The number of rotatable bonds is 5. The Balaban J connectivity index is 1.60. The molecule has 136 valence electrons. The minimum absolute atomic E-state index is 0.0224. The van der Waals surface area contributed by atoms with Crippen LogP contribution in [0, 0.1) is 0 Å². The molecule has 6 heteroatoms. The number of nitrogens with zero attached hydrogens (tertiary/aromatic N) is 1. The molecular weight excluding hydrogens is 332 g/mol. The summed E-state index contributed by atoms with van der Waals surface area (Å²) >= 11 is 0. The number of carbonyl (C=O) groups is 2. The molecule has 0 unspecified atom stereocenters. The zero-order chi connectivity index (χ0) is 18.5. The van der Waals surface area contributed by atoms with E-state index in [1.54, 1.807) is 30.2 Å². The van der Waals surface area contributed by atoms with Gasteiger partial charge in [-0.1, -0.05) is 12.1 Å². The van der Waals surface area contributed by atoms with E-state index in [0.29, 0.717) is 37.4 Å². The molecule has 0 fully saturated rings. The summed E-state index contributed by atoms with van der Waals surface area (Å²) in [6.45, 7) is 2.52. The first-order valence-electron chi connectivity index (χ1n) is 8.54. The van der Waals surface area contributed by atoms with Crippen molar-refractivity contribution >= 4 is 23.2 Å². The third-order valence-electron chi connectivity index (χ3n) is 4.29. The van der Waals surface area contributed by atoms with Gasteiger partial charge in [0.15, 0.2) is 0 Å². The molecule has 26 heavy (non-hydrogen) atoms. The largest absolute Gasteiger partial charge is 0.497 e. The molecule has 0 saturated carbocycles. The fourth-order valence-corrected chi connectivity index (χ4v) is 2.90. The average molecular weight is 354 g/mol. The monoisotopic (exact) mass is 354 g/mol. The molecule has 3 rings (SSSR count). The molecule has 1 aliphatic heterocycles. The molecule has 0 atom stereocenters. The topological polar surface area (TPSA) is 67.9 Å². The summed E-state index contributed by atoms with van der Waals surface area (Å²) in [6, 6.07) is 13.0. The number of fused-ring (bicyclic) bond motifs is 1. The Kier molecular flexibility index (Phi) is 5.41. The van der Waals surface area contributed by atoms with Crippen LogP contribution in [0.15, 0.2) is 42.5 Å². The number of aryl methyl sites for hydroxylation is 1. The molecule has 2 aromatic carbocycles. The van der Waals surface area contributed by atoms with Crippen molar-refractivity contribution < 1.29 is 19.1 Å². The van der Waals surface area contributed by atoms with Gasteiger partial charge in [0.1, 0.15) is 18.1 Å². The van der Waals surface area contributed by atoms with E-state index >= 15 is 0 Å². The van der Waals surface area contributed by atoms with Gasteiger partial charge < -0.3 is 19.7 Å². The number of anilines is 2. The molecule has 2 amide bonds. The van der Waals surface area contributed by atoms with Crippen molar-refractivity contribution in [3.05, 3.63) is 48.0 Å². The van der Waals surface area contributed by atoms with Gasteiger partial charge in [0.2, 0.25) is 11.8 Å². The van der Waals surface area contributed by atoms with Gasteiger partial charge in [0, 0.05) is 25.1 Å². The highest BCUT2D eigenvalue weighted by Crippen LogP contribution is 2.34. The van der Waals surface area contributed by atoms with Gasteiger partial charge in [-0.15, -0.1) is 0 Å². The van der Waals surface area contributed by atoms with Crippen molar-refractivity contribution in [1.82, 2.24) is 0 Å². The molecule has 2 aromatic rings. The molecule has 0 bridgehead atoms. The van der Waals surface area contributed by atoms with Gasteiger partial charge in [-0.3, -0.25) is 9.59 Å². The van der Waals surface area contributed by atoms with Gasteiger partial charge in [-0.2, -0.15) is 0 Å². The summed E-state index contributed by atoms with van der Waals surface area (Å²) in [5, 5.41) is 2.88. The number of amides is 2. The van der Waals surface area contributed by atoms with E-state index in [0.717, 1.165) is 17.0 Å². The van der Waals surface area contributed by atoms with Crippen LogP contribution in [-0.2, 0) is 16.0 Å². The number of ether oxygens (including phenoxy) is 2. The van der Waals surface area contributed by atoms with Gasteiger partial charge in [0.05, 0.1) is 19.3 Å². The quantitative estimate of drug-likeness (QED) is 0.896. The summed E-state index contributed by atoms with van der Waals surface area (Å²) in [7, 11) is 1.63. The summed E-state index contributed by atoms with van der Waals surface area (Å²) in [6.07, 6.45) is 1.03. The summed E-state index contributed by atoms with van der Waals surface area (Å²) in [4.78, 5) is 25.6. The molecule has 0 spiro atoms. The molecule has 1 N–H and O–H groups in total. The first kappa shape index (κ1) is 17.8. The summed E-state index contributed by atoms with van der Waals surface area (Å²) in [5.74, 6) is 1.32. The standard InChI is InChI=1S/C20H22N2O4/c1-14(23)22-11-12-26-19-13-16(6-9-18(19)22)21-20(24)10-5-15-3-7-17(25-2)8-4-15/h3-4,6-9,13H,5,10-12H2,1-2H3,(H,21,24). The SMILES string of the molecule is COc1ccc(CCC(=O)Nc2ccc3c(c2)OCCN3C(C)=O)cc1. The van der Waals surface area contributed by atoms with Crippen LogP contribution in [0.4, 0.5) is 11.4 Å². The number of hydrogen-bond acceptors (Lipinski definition) is 4. The highest BCUT2D eigenvalue weighted by atomic mass is 16.5. The molecule has 0 radical (unpaired) electrons. The molecule has 6 nitrogen and oxygen atoms in total. The lowest BCUT2D eigenvalue weighted by atomic mass is 10.1. The highest BCUT2D eigenvalue weighted by Gasteiger charge is 2.21. The highest BCUT2D eigenvalue weighted by molar-refractivity contribution is 5.95. The molecule has 1 heterocycles. The third kappa shape index (κ3) is 4.14. The lowest BCUT2D eigenvalue weighted by molar-refractivity contribution is -0.117. The number of hydrogen-bond donors (Lipinski definition) is 1. The van der Waals surface area contributed by atoms with Crippen LogP contribution in [-0.4, -0.2) is 32.1 Å². The average Bonchev–Trinajstić information content (AvgIpc) is 2.66. The lowest BCUT2D eigenvalue weighted by Crippen LogP contribution is -2.36. The van der Waals surface area contributed by atoms with E-state index in [1.807, 2.05) is 24.3 Å². The van der Waals surface area contributed by atoms with E-state index in [1.165, 1.54) is 6.92 Å². The van der Waals surface area contributed by atoms with Crippen molar-refractivity contribution in [3.63, 3.8) is 0 Å². The van der Waals surface area contributed by atoms with Gasteiger partial charge >= 0.3 is 0 Å². The van der Waals surface area contributed by atoms with Crippen molar-refractivity contribution in [2.75, 3.05) is 30.5 Å². The normalized spacial score (nSPS) is 12.8. The Hall–Kier alpha value is -3.02. The Bertz CT molecular complexity index is 802. The zero-order valence-electron chi connectivity index (χ0n) is 15.0. The first-order chi connectivity index (χ1) is 12.6. The van der Waals surface area contributed by atoms with Crippen LogP contribution < -0.4 is 19.7 Å². The number of carbonyl (C=O) groups excluding carboxylic acids is 2. The number of benzene rings is 2. The zero-order valence-corrected chi connectivity index (χ0v) is 15.0. The molecule has 0 aromatic heterocycles. The van der Waals surface area contributed by atoms with Gasteiger partial charge in [-0.05, 0) is 36.2 Å². The Morgan fingerprint density at radius 3 is 2.65 bits per heavy atom. The summed E-state index contributed by atoms with van der Waals surface area (Å²) < 4.78 is 10.7. The molecule has 0 aliphatic carbocycles. The second-order valence-electron chi connectivity index (χ2n) is 6.10. The number of nitrogens with one attached hydrogen (secondary N) is 1. The van der Waals surface area contributed by atoms with Crippen LogP contribution >= 0.6 is 0 Å². The Labute approximate surface area is 152 Å².